The van der Waals surface area contributed by atoms with Crippen molar-refractivity contribution in [1.29, 1.82) is 0 Å². The molecule has 0 saturated carbocycles. The fourth-order valence-electron chi connectivity index (χ4n) is 2.87. The van der Waals surface area contributed by atoms with Crippen LogP contribution in [0, 0.1) is 6.92 Å². The summed E-state index contributed by atoms with van der Waals surface area (Å²) < 4.78 is 34.4. The molecule has 1 unspecified atom stereocenters. The highest BCUT2D eigenvalue weighted by Gasteiger charge is 2.45. The summed E-state index contributed by atoms with van der Waals surface area (Å²) in [6.07, 6.45) is -3.02. The fraction of sp³-hybridized carbons (Fsp3) is 0.562. The molecule has 0 bridgehead atoms. The molecule has 1 amide bonds. The van der Waals surface area contributed by atoms with Gasteiger partial charge in [-0.2, -0.15) is 0 Å². The van der Waals surface area contributed by atoms with E-state index in [9.17, 15) is 33.3 Å². The second kappa shape index (κ2) is 9.09. The molecule has 0 spiro atoms. The Morgan fingerprint density at radius 1 is 1.37 bits per heavy atom. The first-order valence-electron chi connectivity index (χ1n) is 8.75. The van der Waals surface area contributed by atoms with Gasteiger partial charge in [0.2, 0.25) is 11.7 Å². The minimum absolute atomic E-state index is 0.340. The number of sulfonamides is 1. The summed E-state index contributed by atoms with van der Waals surface area (Å²) in [5.74, 6) is -2.51. The highest BCUT2D eigenvalue weighted by atomic mass is 32.2. The van der Waals surface area contributed by atoms with Crippen molar-refractivity contribution in [1.82, 2.24) is 19.6 Å². The van der Waals surface area contributed by atoms with E-state index < -0.39 is 64.7 Å². The second-order valence-corrected chi connectivity index (χ2v) is 8.43. The van der Waals surface area contributed by atoms with Gasteiger partial charge in [-0.25, -0.2) is 22.9 Å². The molecule has 1 aliphatic rings. The lowest BCUT2D eigenvalue weighted by Crippen LogP contribution is -2.63. The number of hydrogen-bond donors (Lipinski definition) is 6. The summed E-state index contributed by atoms with van der Waals surface area (Å²) in [4.78, 5) is 27.0. The van der Waals surface area contributed by atoms with Crippen LogP contribution in [0.1, 0.15) is 12.7 Å². The van der Waals surface area contributed by atoms with Crippen molar-refractivity contribution in [2.45, 2.75) is 49.3 Å². The number of nitrogens with one attached hydrogen (secondary N) is 2. The van der Waals surface area contributed by atoms with Gasteiger partial charge in [-0.1, -0.05) is 0 Å². The van der Waals surface area contributed by atoms with Gasteiger partial charge in [0.15, 0.2) is 5.03 Å². The number of imidazole rings is 1. The van der Waals surface area contributed by atoms with Crippen LogP contribution in [0.3, 0.4) is 0 Å². The van der Waals surface area contributed by atoms with E-state index in [0.29, 0.717) is 5.82 Å². The predicted molar refractivity (Wildman–Crippen MR) is 99.4 cm³/mol. The number of aryl methyl sites for hydroxylation is 2. The zero-order chi connectivity index (χ0) is 22.8. The van der Waals surface area contributed by atoms with E-state index >= 15 is 0 Å². The molecule has 0 aromatic carbocycles. The first-order chi connectivity index (χ1) is 13.9. The zero-order valence-electron chi connectivity index (χ0n) is 16.4. The lowest BCUT2D eigenvalue weighted by Gasteiger charge is -2.39. The van der Waals surface area contributed by atoms with Crippen molar-refractivity contribution >= 4 is 21.9 Å². The Bertz CT molecular complexity index is 923. The van der Waals surface area contributed by atoms with E-state index in [1.54, 1.807) is 14.0 Å². The number of ether oxygens (including phenoxy) is 1. The fourth-order valence-corrected chi connectivity index (χ4v) is 4.11. The molecule has 30 heavy (non-hydrogen) atoms. The maximum absolute atomic E-state index is 12.8. The number of aliphatic hydroxyl groups is 3. The van der Waals surface area contributed by atoms with E-state index in [0.717, 1.165) is 13.0 Å². The number of hydrogen-bond acceptors (Lipinski definition) is 9. The molecule has 13 nitrogen and oxygen atoms in total. The van der Waals surface area contributed by atoms with E-state index in [2.05, 4.69) is 15.0 Å². The summed E-state index contributed by atoms with van der Waals surface area (Å²) in [5, 5.41) is 40.5. The number of carbonyl (C=O) groups excluding carboxylic acids is 1. The average Bonchev–Trinajstić information content (AvgIpc) is 3.00. The molecule has 5 atom stereocenters. The quantitative estimate of drug-likeness (QED) is 0.237. The van der Waals surface area contributed by atoms with Crippen molar-refractivity contribution in [2.75, 3.05) is 6.61 Å². The third-order valence-electron chi connectivity index (χ3n) is 4.49. The number of aliphatic carboxylic acids is 1. The van der Waals surface area contributed by atoms with Gasteiger partial charge in [0.25, 0.3) is 10.0 Å². The van der Waals surface area contributed by atoms with Gasteiger partial charge in [-0.15, -0.1) is 0 Å². The predicted octanol–water partition coefficient (Wildman–Crippen LogP) is -3.04. The Morgan fingerprint density at radius 3 is 2.47 bits per heavy atom. The van der Waals surface area contributed by atoms with Crippen molar-refractivity contribution in [3.63, 3.8) is 0 Å². The van der Waals surface area contributed by atoms with E-state index in [1.165, 1.54) is 10.8 Å². The first kappa shape index (κ1) is 23.8. The summed E-state index contributed by atoms with van der Waals surface area (Å²) in [7, 11) is -2.69. The molecule has 1 aromatic heterocycles. The molecule has 0 aliphatic carbocycles. The number of aromatic nitrogens is 2. The van der Waals surface area contributed by atoms with Gasteiger partial charge in [0.05, 0.1) is 18.7 Å². The van der Waals surface area contributed by atoms with Crippen LogP contribution in [0.5, 0.6) is 0 Å². The molecule has 0 radical (unpaired) electrons. The van der Waals surface area contributed by atoms with Gasteiger partial charge < -0.3 is 35.0 Å². The van der Waals surface area contributed by atoms with Gasteiger partial charge in [-0.3, -0.25) is 4.79 Å². The third kappa shape index (κ3) is 5.14. The van der Waals surface area contributed by atoms with Crippen LogP contribution in [-0.4, -0.2) is 87.3 Å². The standard InChI is InChI=1S/C16H24N4O9S/c1-7-17-12(5-20(7)3)30(27,28)19-9-4-11(16(25)26)29-15(13(9)18-8(2)22)14(24)10(23)6-21/h4-5,9-10,13-15,19,21,23-24H,6H2,1-3H3,(H,18,22)(H,25,26)/t9-,10?,13+,14+,15+/m0/s1. The van der Waals surface area contributed by atoms with Gasteiger partial charge >= 0.3 is 5.97 Å². The van der Waals surface area contributed by atoms with Crippen LogP contribution < -0.4 is 10.0 Å². The molecule has 2 heterocycles. The van der Waals surface area contributed by atoms with Crippen molar-refractivity contribution in [2.24, 2.45) is 7.05 Å². The Hall–Kier alpha value is -2.52. The van der Waals surface area contributed by atoms with E-state index in [-0.39, 0.29) is 5.03 Å². The molecular weight excluding hydrogens is 424 g/mol. The van der Waals surface area contributed by atoms with Crippen LogP contribution in [0.15, 0.2) is 23.1 Å². The lowest BCUT2D eigenvalue weighted by atomic mass is 9.92. The molecule has 1 aliphatic heterocycles. The Kier molecular flexibility index (Phi) is 7.20. The number of aliphatic hydroxyl groups excluding tert-OH is 3. The lowest BCUT2D eigenvalue weighted by molar-refractivity contribution is -0.146. The number of carboxylic acid groups (broad SMARTS) is 1. The second-order valence-electron chi connectivity index (χ2n) is 6.77. The Balaban J connectivity index is 2.49. The number of carboxylic acids is 1. The van der Waals surface area contributed by atoms with Crippen LogP contribution in [-0.2, 0) is 31.4 Å². The maximum atomic E-state index is 12.8. The number of amides is 1. The molecule has 1 aromatic rings. The largest absolute Gasteiger partial charge is 0.478 e. The summed E-state index contributed by atoms with van der Waals surface area (Å²) in [5.41, 5.74) is 0. The van der Waals surface area contributed by atoms with E-state index in [1.807, 2.05) is 0 Å². The van der Waals surface area contributed by atoms with Crippen LogP contribution >= 0.6 is 0 Å². The highest BCUT2D eigenvalue weighted by molar-refractivity contribution is 7.89. The normalized spacial score (nSPS) is 23.8. The Labute approximate surface area is 172 Å². The zero-order valence-corrected chi connectivity index (χ0v) is 17.2. The van der Waals surface area contributed by atoms with Crippen molar-refractivity contribution < 1.29 is 43.2 Å². The average molecular weight is 448 g/mol. The molecule has 0 saturated heterocycles. The van der Waals surface area contributed by atoms with E-state index in [4.69, 9.17) is 9.84 Å². The molecule has 0 fully saturated rings. The molecule has 14 heteroatoms. The minimum Gasteiger partial charge on any atom is -0.478 e. The number of rotatable bonds is 8. The van der Waals surface area contributed by atoms with Gasteiger partial charge in [0.1, 0.15) is 24.1 Å². The molecule has 2 rings (SSSR count). The summed E-state index contributed by atoms with van der Waals surface area (Å²) in [6.45, 7) is 1.82. The maximum Gasteiger partial charge on any atom is 0.370 e. The monoisotopic (exact) mass is 448 g/mol. The SMILES string of the molecule is CC(=O)N[C@H]1[C@H]([C@H](O)C(O)CO)OC(C(=O)O)=C[C@@H]1NS(=O)(=O)c1cn(C)c(C)n1. The van der Waals surface area contributed by atoms with Crippen LogP contribution in [0.25, 0.3) is 0 Å². The van der Waals surface area contributed by atoms with Gasteiger partial charge in [0, 0.05) is 20.2 Å². The molecule has 6 N–H and O–H groups in total. The minimum atomic E-state index is -4.27. The van der Waals surface area contributed by atoms with Gasteiger partial charge in [-0.05, 0) is 13.0 Å². The summed E-state index contributed by atoms with van der Waals surface area (Å²) in [6, 6.07) is -2.70. The topological polar surface area (TPSA) is 200 Å². The smallest absolute Gasteiger partial charge is 0.370 e. The van der Waals surface area contributed by atoms with Crippen molar-refractivity contribution in [3.05, 3.63) is 23.9 Å². The van der Waals surface area contributed by atoms with Crippen LogP contribution in [0.4, 0.5) is 0 Å². The molecule has 168 valence electrons. The Morgan fingerprint density at radius 2 is 2.00 bits per heavy atom. The number of nitrogens with zero attached hydrogens (tertiary/aromatic N) is 2. The summed E-state index contributed by atoms with van der Waals surface area (Å²) >= 11 is 0. The molecular formula is C16H24N4O9S. The highest BCUT2D eigenvalue weighted by Crippen LogP contribution is 2.24. The van der Waals surface area contributed by atoms with Crippen molar-refractivity contribution in [3.8, 4) is 0 Å². The number of carbonyl (C=O) groups is 2. The first-order valence-corrected chi connectivity index (χ1v) is 10.2. The third-order valence-corrected chi connectivity index (χ3v) is 5.82. The van der Waals surface area contributed by atoms with Crippen LogP contribution in [0.2, 0.25) is 0 Å².